The molecule has 0 aliphatic heterocycles. The van der Waals surface area contributed by atoms with Crippen LogP contribution in [0.15, 0.2) is 47.4 Å². The van der Waals surface area contributed by atoms with Crippen LogP contribution in [0.4, 0.5) is 24.8 Å². The Balaban J connectivity index is 1.96. The summed E-state index contributed by atoms with van der Waals surface area (Å²) in [6.45, 7) is 4.14. The van der Waals surface area contributed by atoms with Crippen LogP contribution in [0.3, 0.4) is 0 Å². The van der Waals surface area contributed by atoms with Gasteiger partial charge in [0.2, 0.25) is 11.8 Å². The predicted octanol–water partition coefficient (Wildman–Crippen LogP) is 4.16. The molecule has 0 unspecified atom stereocenters. The Morgan fingerprint density at radius 2 is 1.82 bits per heavy atom. The number of ether oxygens (including phenoxy) is 1. The fourth-order valence-electron chi connectivity index (χ4n) is 2.74. The van der Waals surface area contributed by atoms with Crippen LogP contribution < -0.4 is 15.6 Å². The highest BCUT2D eigenvalue weighted by molar-refractivity contribution is 5.60. The number of benzene rings is 2. The first kappa shape index (κ1) is 19.5. The molecule has 0 atom stereocenters. The highest BCUT2D eigenvalue weighted by atomic mass is 19.1. The summed E-state index contributed by atoms with van der Waals surface area (Å²) in [5.41, 5.74) is 0.663. The van der Waals surface area contributed by atoms with Crippen molar-refractivity contribution in [1.29, 1.82) is 0 Å². The van der Waals surface area contributed by atoms with Crippen LogP contribution in [0.2, 0.25) is 0 Å². The Morgan fingerprint density at radius 1 is 1.11 bits per heavy atom. The minimum Gasteiger partial charge on any atom is -0.494 e. The fraction of sp³-hybridized carbons (Fsp3) is 0.200. The van der Waals surface area contributed by atoms with Gasteiger partial charge in [-0.3, -0.25) is 4.79 Å². The normalized spacial score (nSPS) is 10.8. The van der Waals surface area contributed by atoms with Gasteiger partial charge < -0.3 is 14.6 Å². The average Bonchev–Trinajstić information content (AvgIpc) is 2.61. The molecule has 0 aliphatic rings. The summed E-state index contributed by atoms with van der Waals surface area (Å²) < 4.78 is 47.4. The maximum absolute atomic E-state index is 13.8. The van der Waals surface area contributed by atoms with E-state index in [1.165, 1.54) is 4.57 Å². The minimum absolute atomic E-state index is 0.0447. The lowest BCUT2D eigenvalue weighted by atomic mass is 10.2. The zero-order chi connectivity index (χ0) is 20.3. The average molecular weight is 389 g/mol. The summed E-state index contributed by atoms with van der Waals surface area (Å²) in [5.74, 6) is -1.83. The number of rotatable bonds is 6. The summed E-state index contributed by atoms with van der Waals surface area (Å²) in [6, 6.07) is 8.29. The van der Waals surface area contributed by atoms with Crippen LogP contribution in [-0.2, 0) is 6.54 Å². The summed E-state index contributed by atoms with van der Waals surface area (Å²) in [5, 5.41) is 2.97. The van der Waals surface area contributed by atoms with Gasteiger partial charge in [0.15, 0.2) is 0 Å². The summed E-state index contributed by atoms with van der Waals surface area (Å²) in [4.78, 5) is 15.4. The molecule has 3 aromatic rings. The SMILES string of the molecule is CCOc1ccc(Nc2nc(=O)c(F)cn2Cc2cc(F)cc(F)c2)c(C)c1. The van der Waals surface area contributed by atoms with E-state index < -0.39 is 23.0 Å². The van der Waals surface area contributed by atoms with E-state index in [2.05, 4.69) is 10.3 Å². The summed E-state index contributed by atoms with van der Waals surface area (Å²) >= 11 is 0. The maximum Gasteiger partial charge on any atom is 0.310 e. The van der Waals surface area contributed by atoms with E-state index in [0.29, 0.717) is 18.0 Å². The molecule has 0 amide bonds. The van der Waals surface area contributed by atoms with E-state index in [9.17, 15) is 18.0 Å². The number of nitrogens with zero attached hydrogens (tertiary/aromatic N) is 2. The van der Waals surface area contributed by atoms with Crippen molar-refractivity contribution >= 4 is 11.6 Å². The second-order valence-corrected chi connectivity index (χ2v) is 6.16. The van der Waals surface area contributed by atoms with Crippen molar-refractivity contribution in [2.24, 2.45) is 0 Å². The van der Waals surface area contributed by atoms with E-state index >= 15 is 0 Å². The molecule has 0 aliphatic carbocycles. The molecule has 1 aromatic heterocycles. The van der Waals surface area contributed by atoms with Gasteiger partial charge in [-0.25, -0.2) is 8.78 Å². The first-order valence-electron chi connectivity index (χ1n) is 8.58. The molecule has 8 heteroatoms. The van der Waals surface area contributed by atoms with Crippen molar-refractivity contribution in [2.45, 2.75) is 20.4 Å². The molecule has 1 heterocycles. The highest BCUT2D eigenvalue weighted by Crippen LogP contribution is 2.24. The zero-order valence-electron chi connectivity index (χ0n) is 15.3. The molecule has 146 valence electrons. The Bertz CT molecular complexity index is 1050. The van der Waals surface area contributed by atoms with Crippen molar-refractivity contribution in [1.82, 2.24) is 9.55 Å². The number of halogens is 3. The third kappa shape index (κ3) is 4.51. The Hall–Kier alpha value is -3.29. The lowest BCUT2D eigenvalue weighted by Gasteiger charge is -2.16. The lowest BCUT2D eigenvalue weighted by molar-refractivity contribution is 0.340. The van der Waals surface area contributed by atoms with Crippen LogP contribution in [0.1, 0.15) is 18.1 Å². The van der Waals surface area contributed by atoms with Crippen LogP contribution >= 0.6 is 0 Å². The third-order valence-electron chi connectivity index (χ3n) is 3.98. The second-order valence-electron chi connectivity index (χ2n) is 6.16. The molecule has 0 bridgehead atoms. The Labute approximate surface area is 159 Å². The van der Waals surface area contributed by atoms with Crippen LogP contribution in [0.25, 0.3) is 0 Å². The molecule has 3 rings (SSSR count). The number of nitrogens with one attached hydrogen (secondary N) is 1. The zero-order valence-corrected chi connectivity index (χ0v) is 15.3. The minimum atomic E-state index is -1.06. The maximum atomic E-state index is 13.8. The molecule has 0 saturated carbocycles. The molecule has 0 saturated heterocycles. The molecule has 0 radical (unpaired) electrons. The van der Waals surface area contributed by atoms with Crippen LogP contribution in [-0.4, -0.2) is 16.2 Å². The van der Waals surface area contributed by atoms with E-state index in [1.54, 1.807) is 18.2 Å². The monoisotopic (exact) mass is 389 g/mol. The molecular formula is C20H18F3N3O2. The van der Waals surface area contributed by atoms with Gasteiger partial charge >= 0.3 is 5.56 Å². The first-order chi connectivity index (χ1) is 13.4. The van der Waals surface area contributed by atoms with Crippen molar-refractivity contribution in [3.05, 3.63) is 81.5 Å². The van der Waals surface area contributed by atoms with Gasteiger partial charge in [-0.05, 0) is 55.3 Å². The molecule has 0 spiro atoms. The highest BCUT2D eigenvalue weighted by Gasteiger charge is 2.12. The largest absolute Gasteiger partial charge is 0.494 e. The molecule has 5 nitrogen and oxygen atoms in total. The van der Waals surface area contributed by atoms with Gasteiger partial charge in [0, 0.05) is 18.0 Å². The first-order valence-corrected chi connectivity index (χ1v) is 8.58. The standard InChI is InChI=1S/C20H18F3N3O2/c1-3-28-16-4-5-18(12(2)6-16)24-20-25-19(27)17(23)11-26(20)10-13-7-14(21)9-15(22)8-13/h4-9,11H,3,10H2,1-2H3,(H,24,25,27). The predicted molar refractivity (Wildman–Crippen MR) is 99.5 cm³/mol. The van der Waals surface area contributed by atoms with Crippen molar-refractivity contribution in [3.8, 4) is 5.75 Å². The van der Waals surface area contributed by atoms with Gasteiger partial charge in [0.25, 0.3) is 0 Å². The molecule has 28 heavy (non-hydrogen) atoms. The quantitative estimate of drug-likeness (QED) is 0.688. The van der Waals surface area contributed by atoms with E-state index in [0.717, 1.165) is 30.0 Å². The molecule has 1 N–H and O–H groups in total. The smallest absolute Gasteiger partial charge is 0.310 e. The third-order valence-corrected chi connectivity index (χ3v) is 3.98. The van der Waals surface area contributed by atoms with Gasteiger partial charge in [0.05, 0.1) is 13.2 Å². The topological polar surface area (TPSA) is 56.1 Å². The number of hydrogen-bond acceptors (Lipinski definition) is 4. The van der Waals surface area contributed by atoms with Crippen LogP contribution in [0, 0.1) is 24.4 Å². The number of hydrogen-bond donors (Lipinski definition) is 1. The van der Waals surface area contributed by atoms with E-state index in [1.807, 2.05) is 13.8 Å². The number of aromatic nitrogens is 2. The number of aryl methyl sites for hydroxylation is 1. The van der Waals surface area contributed by atoms with Crippen molar-refractivity contribution in [2.75, 3.05) is 11.9 Å². The van der Waals surface area contributed by atoms with Crippen molar-refractivity contribution in [3.63, 3.8) is 0 Å². The Kier molecular flexibility index (Phi) is 5.67. The van der Waals surface area contributed by atoms with Gasteiger partial charge in [-0.1, -0.05) is 0 Å². The van der Waals surface area contributed by atoms with Crippen LogP contribution in [0.5, 0.6) is 5.75 Å². The van der Waals surface area contributed by atoms with Gasteiger partial charge in [0.1, 0.15) is 17.4 Å². The van der Waals surface area contributed by atoms with E-state index in [-0.39, 0.29) is 18.1 Å². The summed E-state index contributed by atoms with van der Waals surface area (Å²) in [7, 11) is 0. The molecular weight excluding hydrogens is 371 g/mol. The fourth-order valence-corrected chi connectivity index (χ4v) is 2.74. The Morgan fingerprint density at radius 3 is 2.46 bits per heavy atom. The van der Waals surface area contributed by atoms with Gasteiger partial charge in [-0.15, -0.1) is 0 Å². The number of anilines is 2. The summed E-state index contributed by atoms with van der Waals surface area (Å²) in [6.07, 6.45) is 0.949. The van der Waals surface area contributed by atoms with Crippen molar-refractivity contribution < 1.29 is 17.9 Å². The molecule has 2 aromatic carbocycles. The van der Waals surface area contributed by atoms with E-state index in [4.69, 9.17) is 4.74 Å². The lowest BCUT2D eigenvalue weighted by Crippen LogP contribution is -2.20. The van der Waals surface area contributed by atoms with Gasteiger partial charge in [-0.2, -0.15) is 9.37 Å². The molecule has 0 fully saturated rings. The second kappa shape index (κ2) is 8.16.